The molecule has 0 atom stereocenters. The first-order chi connectivity index (χ1) is 11.5. The number of ether oxygens (including phenoxy) is 1. The molecule has 1 amide bonds. The van der Waals surface area contributed by atoms with Crippen molar-refractivity contribution in [2.24, 2.45) is 0 Å². The van der Waals surface area contributed by atoms with Gasteiger partial charge in [0.25, 0.3) is 0 Å². The van der Waals surface area contributed by atoms with E-state index < -0.39 is 0 Å². The van der Waals surface area contributed by atoms with Crippen molar-refractivity contribution in [3.05, 3.63) is 36.7 Å². The minimum Gasteiger partial charge on any atom is -0.437 e. The summed E-state index contributed by atoms with van der Waals surface area (Å²) in [6.07, 6.45) is 5.29. The highest BCUT2D eigenvalue weighted by atomic mass is 32.2. The molecule has 24 heavy (non-hydrogen) atoms. The van der Waals surface area contributed by atoms with Gasteiger partial charge in [-0.05, 0) is 30.5 Å². The van der Waals surface area contributed by atoms with Crippen molar-refractivity contribution in [3.8, 4) is 11.6 Å². The first-order valence-electron chi connectivity index (χ1n) is 7.56. The predicted octanol–water partition coefficient (Wildman–Crippen LogP) is 2.91. The molecule has 0 bridgehead atoms. The first kappa shape index (κ1) is 18.1. The molecule has 0 radical (unpaired) electrons. The fourth-order valence-electron chi connectivity index (χ4n) is 1.91. The van der Waals surface area contributed by atoms with E-state index in [1.54, 1.807) is 43.0 Å². The highest BCUT2D eigenvalue weighted by Gasteiger charge is 2.08. The van der Waals surface area contributed by atoms with Crippen molar-refractivity contribution in [2.75, 3.05) is 38.3 Å². The Morgan fingerprint density at radius 1 is 1.17 bits per heavy atom. The van der Waals surface area contributed by atoms with Crippen LogP contribution >= 0.6 is 11.8 Å². The van der Waals surface area contributed by atoms with Gasteiger partial charge in [0.1, 0.15) is 5.75 Å². The van der Waals surface area contributed by atoms with Gasteiger partial charge >= 0.3 is 0 Å². The average Bonchev–Trinajstić information content (AvgIpc) is 2.60. The Balaban J connectivity index is 2.00. The molecule has 1 heterocycles. The molecule has 0 saturated carbocycles. The van der Waals surface area contributed by atoms with Crippen LogP contribution in [0, 0.1) is 0 Å². The standard InChI is InChI=1S/C17H22N4O2S/c1-13(22)20(2)9-10-21(3)16-11-18-12-17(19-16)23-14-5-7-15(24-4)8-6-14/h5-8,11-12H,9-10H2,1-4H3. The molecule has 0 spiro atoms. The van der Waals surface area contributed by atoms with Crippen LogP contribution in [0.25, 0.3) is 0 Å². The quantitative estimate of drug-likeness (QED) is 0.719. The summed E-state index contributed by atoms with van der Waals surface area (Å²) in [6, 6.07) is 7.82. The molecular weight excluding hydrogens is 324 g/mol. The number of likely N-dealkylation sites (N-methyl/N-ethyl adjacent to an activating group) is 2. The highest BCUT2D eigenvalue weighted by molar-refractivity contribution is 7.98. The van der Waals surface area contributed by atoms with Crippen molar-refractivity contribution in [3.63, 3.8) is 0 Å². The van der Waals surface area contributed by atoms with Gasteiger partial charge in [0.05, 0.1) is 12.4 Å². The van der Waals surface area contributed by atoms with Gasteiger partial charge in [-0.25, -0.2) is 0 Å². The maximum absolute atomic E-state index is 11.3. The Morgan fingerprint density at radius 3 is 2.50 bits per heavy atom. The molecule has 0 aliphatic rings. The van der Waals surface area contributed by atoms with Gasteiger partial charge in [0.2, 0.25) is 11.8 Å². The van der Waals surface area contributed by atoms with Crippen LogP contribution in [0.5, 0.6) is 11.6 Å². The molecule has 0 aliphatic carbocycles. The normalized spacial score (nSPS) is 10.3. The van der Waals surface area contributed by atoms with Crippen LogP contribution in [0.15, 0.2) is 41.6 Å². The molecule has 7 heteroatoms. The van der Waals surface area contributed by atoms with Gasteiger partial charge < -0.3 is 14.5 Å². The zero-order chi connectivity index (χ0) is 17.5. The lowest BCUT2D eigenvalue weighted by Gasteiger charge is -2.22. The zero-order valence-corrected chi connectivity index (χ0v) is 15.2. The molecule has 0 unspecified atom stereocenters. The Morgan fingerprint density at radius 2 is 1.88 bits per heavy atom. The zero-order valence-electron chi connectivity index (χ0n) is 14.4. The lowest BCUT2D eigenvalue weighted by Crippen LogP contribution is -2.33. The van der Waals surface area contributed by atoms with Crippen molar-refractivity contribution < 1.29 is 9.53 Å². The summed E-state index contributed by atoms with van der Waals surface area (Å²) in [5.41, 5.74) is 0. The molecule has 2 rings (SSSR count). The number of thioether (sulfide) groups is 1. The van der Waals surface area contributed by atoms with Gasteiger partial charge in [-0.15, -0.1) is 11.8 Å². The lowest BCUT2D eigenvalue weighted by atomic mass is 10.3. The van der Waals surface area contributed by atoms with Crippen LogP contribution in [-0.2, 0) is 4.79 Å². The van der Waals surface area contributed by atoms with Crippen molar-refractivity contribution >= 4 is 23.5 Å². The fraction of sp³-hybridized carbons (Fsp3) is 0.353. The van der Waals surface area contributed by atoms with Crippen LogP contribution in [0.3, 0.4) is 0 Å². The first-order valence-corrected chi connectivity index (χ1v) is 8.79. The Hall–Kier alpha value is -2.28. The molecule has 1 aromatic carbocycles. The van der Waals surface area contributed by atoms with Gasteiger partial charge in [0.15, 0.2) is 5.82 Å². The van der Waals surface area contributed by atoms with Crippen LogP contribution in [0.2, 0.25) is 0 Å². The second-order valence-electron chi connectivity index (χ2n) is 5.36. The third kappa shape index (κ3) is 5.13. The van der Waals surface area contributed by atoms with E-state index in [4.69, 9.17) is 4.74 Å². The third-order valence-corrected chi connectivity index (χ3v) is 4.32. The summed E-state index contributed by atoms with van der Waals surface area (Å²) in [6.45, 7) is 2.84. The van der Waals surface area contributed by atoms with Crippen LogP contribution in [0.1, 0.15) is 6.92 Å². The number of amides is 1. The average molecular weight is 346 g/mol. The van der Waals surface area contributed by atoms with E-state index in [-0.39, 0.29) is 5.91 Å². The smallest absolute Gasteiger partial charge is 0.239 e. The number of hydrogen-bond acceptors (Lipinski definition) is 6. The van der Waals surface area contributed by atoms with E-state index in [9.17, 15) is 4.79 Å². The third-order valence-electron chi connectivity index (χ3n) is 3.58. The number of anilines is 1. The second-order valence-corrected chi connectivity index (χ2v) is 6.23. The SMILES string of the molecule is CSc1ccc(Oc2cncc(N(C)CCN(C)C(C)=O)n2)cc1. The molecule has 0 fully saturated rings. The highest BCUT2D eigenvalue weighted by Crippen LogP contribution is 2.23. The van der Waals surface area contributed by atoms with E-state index in [1.165, 1.54) is 4.90 Å². The van der Waals surface area contributed by atoms with Crippen LogP contribution in [-0.4, -0.2) is 54.2 Å². The number of carbonyl (C=O) groups is 1. The van der Waals surface area contributed by atoms with Gasteiger partial charge in [-0.3, -0.25) is 9.78 Å². The van der Waals surface area contributed by atoms with E-state index in [1.807, 2.05) is 42.5 Å². The molecule has 1 aromatic heterocycles. The number of rotatable bonds is 7. The summed E-state index contributed by atoms with van der Waals surface area (Å²) in [5, 5.41) is 0. The molecule has 0 N–H and O–H groups in total. The van der Waals surface area contributed by atoms with E-state index in [2.05, 4.69) is 9.97 Å². The van der Waals surface area contributed by atoms with Crippen molar-refractivity contribution in [1.82, 2.24) is 14.9 Å². The number of nitrogens with zero attached hydrogens (tertiary/aromatic N) is 4. The van der Waals surface area contributed by atoms with Crippen LogP contribution in [0.4, 0.5) is 5.82 Å². The van der Waals surface area contributed by atoms with E-state index in [0.717, 1.165) is 5.75 Å². The maximum atomic E-state index is 11.3. The summed E-state index contributed by atoms with van der Waals surface area (Å²) in [4.78, 5) is 24.7. The maximum Gasteiger partial charge on any atom is 0.239 e. The van der Waals surface area contributed by atoms with Gasteiger partial charge in [0, 0.05) is 39.0 Å². The van der Waals surface area contributed by atoms with Gasteiger partial charge in [-0.1, -0.05) is 0 Å². The summed E-state index contributed by atoms with van der Waals surface area (Å²) in [5.74, 6) is 1.90. The number of hydrogen-bond donors (Lipinski definition) is 0. The Kier molecular flexibility index (Phi) is 6.43. The topological polar surface area (TPSA) is 58.6 Å². The van der Waals surface area contributed by atoms with Crippen LogP contribution < -0.4 is 9.64 Å². The van der Waals surface area contributed by atoms with Crippen molar-refractivity contribution in [2.45, 2.75) is 11.8 Å². The Labute approximate surface area is 146 Å². The molecular formula is C17H22N4O2S. The lowest BCUT2D eigenvalue weighted by molar-refractivity contribution is -0.127. The summed E-state index contributed by atoms with van der Waals surface area (Å²) < 4.78 is 5.76. The van der Waals surface area contributed by atoms with E-state index in [0.29, 0.717) is 24.8 Å². The van der Waals surface area contributed by atoms with Crippen molar-refractivity contribution in [1.29, 1.82) is 0 Å². The minimum atomic E-state index is 0.0419. The van der Waals surface area contributed by atoms with Gasteiger partial charge in [-0.2, -0.15) is 4.98 Å². The summed E-state index contributed by atoms with van der Waals surface area (Å²) >= 11 is 1.68. The fourth-order valence-corrected chi connectivity index (χ4v) is 2.32. The number of benzene rings is 1. The molecule has 0 aliphatic heterocycles. The Bertz CT molecular complexity index is 679. The molecule has 2 aromatic rings. The second kappa shape index (κ2) is 8.54. The number of aromatic nitrogens is 2. The molecule has 0 saturated heterocycles. The largest absolute Gasteiger partial charge is 0.437 e. The monoisotopic (exact) mass is 346 g/mol. The van der Waals surface area contributed by atoms with E-state index >= 15 is 0 Å². The minimum absolute atomic E-state index is 0.0419. The molecule has 128 valence electrons. The number of carbonyl (C=O) groups excluding carboxylic acids is 1. The molecule has 6 nitrogen and oxygen atoms in total. The summed E-state index contributed by atoms with van der Waals surface area (Å²) in [7, 11) is 3.69. The predicted molar refractivity (Wildman–Crippen MR) is 96.9 cm³/mol.